The molecule has 5 rings (SSSR count). The van der Waals surface area contributed by atoms with Crippen molar-refractivity contribution < 1.29 is 0 Å². The summed E-state index contributed by atoms with van der Waals surface area (Å²) < 4.78 is 0. The van der Waals surface area contributed by atoms with Crippen molar-refractivity contribution in [1.82, 2.24) is 0 Å². The van der Waals surface area contributed by atoms with E-state index in [1.54, 1.807) is 0 Å². The van der Waals surface area contributed by atoms with Gasteiger partial charge in [0.15, 0.2) is 0 Å². The second-order valence-corrected chi connectivity index (χ2v) is 7.38. The van der Waals surface area contributed by atoms with Gasteiger partial charge in [-0.15, -0.1) is 5.98 Å². The van der Waals surface area contributed by atoms with E-state index in [1.165, 1.54) is 32.9 Å². The molecule has 1 aliphatic heterocycles. The van der Waals surface area contributed by atoms with Crippen molar-refractivity contribution in [3.05, 3.63) is 127 Å². The van der Waals surface area contributed by atoms with Gasteiger partial charge in [0.05, 0.1) is 0 Å². The summed E-state index contributed by atoms with van der Waals surface area (Å²) in [5, 5.41) is 2.59. The average Bonchev–Trinajstić information content (AvgIpc) is 2.79. The largest absolute Gasteiger partial charge is 0.212 e. The minimum atomic E-state index is 0.369. The summed E-state index contributed by atoms with van der Waals surface area (Å²) >= 11 is 0. The second kappa shape index (κ2) is 7.36. The van der Waals surface area contributed by atoms with Crippen LogP contribution in [0.15, 0.2) is 121 Å². The fourth-order valence-corrected chi connectivity index (χ4v) is 4.28. The Morgan fingerprint density at radius 2 is 1.36 bits per heavy atom. The van der Waals surface area contributed by atoms with Gasteiger partial charge < -0.3 is 0 Å². The van der Waals surface area contributed by atoms with Crippen LogP contribution in [-0.4, -0.2) is 6.71 Å². The molecule has 1 heteroatoms. The van der Waals surface area contributed by atoms with E-state index in [0.29, 0.717) is 12.5 Å². The highest BCUT2D eigenvalue weighted by molar-refractivity contribution is 6.79. The number of hydrogen-bond donors (Lipinski definition) is 0. The van der Waals surface area contributed by atoms with E-state index < -0.39 is 0 Å². The lowest BCUT2D eigenvalue weighted by Crippen LogP contribution is -2.35. The normalized spacial score (nSPS) is 15.9. The van der Waals surface area contributed by atoms with Gasteiger partial charge in [0, 0.05) is 0 Å². The summed E-state index contributed by atoms with van der Waals surface area (Å²) in [6.45, 7) is 0.369. The minimum Gasteiger partial charge on any atom is -0.109 e. The Morgan fingerprint density at radius 3 is 2.21 bits per heavy atom. The Balaban J connectivity index is 1.51. The maximum absolute atomic E-state index is 2.32. The molecule has 1 unspecified atom stereocenters. The van der Waals surface area contributed by atoms with Crippen molar-refractivity contribution in [2.45, 2.75) is 5.82 Å². The molecule has 0 spiro atoms. The highest BCUT2D eigenvalue weighted by Crippen LogP contribution is 2.29. The van der Waals surface area contributed by atoms with Crippen LogP contribution < -0.4 is 5.46 Å². The lowest BCUT2D eigenvalue weighted by Gasteiger charge is -2.22. The topological polar surface area (TPSA) is 0 Å². The average molecular weight is 356 g/mol. The maximum atomic E-state index is 2.32. The molecule has 132 valence electrons. The number of hydrogen-bond acceptors (Lipinski definition) is 0. The van der Waals surface area contributed by atoms with Crippen molar-refractivity contribution in [3.63, 3.8) is 0 Å². The van der Waals surface area contributed by atoms with Gasteiger partial charge in [-0.3, -0.25) is 0 Å². The van der Waals surface area contributed by atoms with Gasteiger partial charge in [-0.2, -0.15) is 0 Å². The number of benzene rings is 4. The van der Waals surface area contributed by atoms with Crippen molar-refractivity contribution in [2.75, 3.05) is 0 Å². The van der Waals surface area contributed by atoms with E-state index in [4.69, 9.17) is 0 Å². The Kier molecular flexibility index (Phi) is 4.43. The highest BCUT2D eigenvalue weighted by Gasteiger charge is 2.25. The van der Waals surface area contributed by atoms with E-state index in [0.717, 1.165) is 0 Å². The summed E-state index contributed by atoms with van der Waals surface area (Å²) in [7, 11) is 0. The van der Waals surface area contributed by atoms with Gasteiger partial charge in [0.2, 0.25) is 6.71 Å². The molecule has 1 aliphatic rings. The molecule has 1 heterocycles. The van der Waals surface area contributed by atoms with Gasteiger partial charge in [-0.25, -0.2) is 0 Å². The van der Waals surface area contributed by atoms with Crippen LogP contribution in [0.25, 0.3) is 21.9 Å². The summed E-state index contributed by atoms with van der Waals surface area (Å²) in [5.74, 6) is 2.71. The molecule has 0 aliphatic carbocycles. The highest BCUT2D eigenvalue weighted by atomic mass is 14.1. The first kappa shape index (κ1) is 16.8. The molecular formula is C27H21B. The summed E-state index contributed by atoms with van der Waals surface area (Å²) in [5.41, 5.74) is 5.29. The van der Waals surface area contributed by atoms with Crippen LogP contribution in [0.4, 0.5) is 0 Å². The van der Waals surface area contributed by atoms with Crippen molar-refractivity contribution in [1.29, 1.82) is 0 Å². The van der Waals surface area contributed by atoms with Crippen LogP contribution in [0.1, 0.15) is 11.4 Å². The standard InChI is InChI=1S/C27H21B/c1-2-10-23(11-3-1)27-15-6-7-20-28(27)24-18-16-22(17-19-24)26-14-8-12-21-9-4-5-13-25(21)26/h1-20,27H. The molecule has 1 atom stereocenters. The Bertz CT molecular complexity index is 1150. The third-order valence-electron chi connectivity index (χ3n) is 5.72. The van der Waals surface area contributed by atoms with Gasteiger partial charge in [0.1, 0.15) is 0 Å². The van der Waals surface area contributed by atoms with Gasteiger partial charge in [-0.05, 0) is 33.3 Å². The molecule has 0 radical (unpaired) electrons. The molecule has 0 fully saturated rings. The molecule has 0 bridgehead atoms. The lowest BCUT2D eigenvalue weighted by molar-refractivity contribution is 1.17. The van der Waals surface area contributed by atoms with E-state index >= 15 is 0 Å². The van der Waals surface area contributed by atoms with E-state index in [1.807, 2.05) is 0 Å². The third-order valence-corrected chi connectivity index (χ3v) is 5.72. The molecule has 0 nitrogen and oxygen atoms in total. The number of allylic oxidation sites excluding steroid dienone is 3. The van der Waals surface area contributed by atoms with Crippen LogP contribution in [0.5, 0.6) is 0 Å². The molecule has 0 saturated carbocycles. The van der Waals surface area contributed by atoms with Crippen molar-refractivity contribution in [3.8, 4) is 11.1 Å². The molecule has 4 aromatic rings. The SMILES string of the molecule is C1=CB(c2ccc(-c3cccc4ccccc34)cc2)C(c2ccccc2)C=C1. The molecule has 0 amide bonds. The van der Waals surface area contributed by atoms with E-state index in [-0.39, 0.29) is 0 Å². The predicted octanol–water partition coefficient (Wildman–Crippen LogP) is 6.20. The summed E-state index contributed by atoms with van der Waals surface area (Å²) in [6.07, 6.45) is 6.65. The quantitative estimate of drug-likeness (QED) is 0.384. The molecular weight excluding hydrogens is 335 g/mol. The predicted molar refractivity (Wildman–Crippen MR) is 122 cm³/mol. The lowest BCUT2D eigenvalue weighted by atomic mass is 9.35. The van der Waals surface area contributed by atoms with Crippen LogP contribution in [0, 0.1) is 0 Å². The fraction of sp³-hybridized carbons (Fsp3) is 0.0370. The zero-order chi connectivity index (χ0) is 18.8. The van der Waals surface area contributed by atoms with Crippen LogP contribution in [-0.2, 0) is 0 Å². The molecule has 0 saturated heterocycles. The van der Waals surface area contributed by atoms with Crippen molar-refractivity contribution in [2.24, 2.45) is 0 Å². The maximum Gasteiger partial charge on any atom is 0.212 e. The van der Waals surface area contributed by atoms with Crippen molar-refractivity contribution >= 4 is 22.9 Å². The zero-order valence-electron chi connectivity index (χ0n) is 15.7. The molecule has 0 aromatic heterocycles. The Morgan fingerprint density at radius 1 is 0.607 bits per heavy atom. The fourth-order valence-electron chi connectivity index (χ4n) is 4.28. The first-order chi connectivity index (χ1) is 13.9. The smallest absolute Gasteiger partial charge is 0.109 e. The second-order valence-electron chi connectivity index (χ2n) is 7.38. The first-order valence-corrected chi connectivity index (χ1v) is 9.88. The van der Waals surface area contributed by atoms with Crippen LogP contribution in [0.2, 0.25) is 0 Å². The van der Waals surface area contributed by atoms with Crippen LogP contribution in [0.3, 0.4) is 0 Å². The number of rotatable bonds is 3. The van der Waals surface area contributed by atoms with Gasteiger partial charge in [-0.1, -0.05) is 121 Å². The van der Waals surface area contributed by atoms with Gasteiger partial charge >= 0.3 is 0 Å². The summed E-state index contributed by atoms with van der Waals surface area (Å²) in [4.78, 5) is 0. The monoisotopic (exact) mass is 356 g/mol. The molecule has 28 heavy (non-hydrogen) atoms. The third kappa shape index (κ3) is 3.10. The van der Waals surface area contributed by atoms with Crippen LogP contribution >= 0.6 is 0 Å². The van der Waals surface area contributed by atoms with E-state index in [9.17, 15) is 0 Å². The Hall–Kier alpha value is -3.32. The Labute approximate surface area is 166 Å². The molecule has 0 N–H and O–H groups in total. The zero-order valence-corrected chi connectivity index (χ0v) is 15.7. The first-order valence-electron chi connectivity index (χ1n) is 9.88. The number of fused-ring (bicyclic) bond motifs is 1. The molecule has 4 aromatic carbocycles. The minimum absolute atomic E-state index is 0.369. The van der Waals surface area contributed by atoms with Gasteiger partial charge in [0.25, 0.3) is 0 Å². The van der Waals surface area contributed by atoms with E-state index in [2.05, 4.69) is 121 Å². The summed E-state index contributed by atoms with van der Waals surface area (Å²) in [6, 6.07) is 35.1.